The molecule has 1 N–H and O–H groups in total. The van der Waals surface area contributed by atoms with Gasteiger partial charge < -0.3 is 10.0 Å². The van der Waals surface area contributed by atoms with E-state index in [1.807, 2.05) is 4.90 Å². The molecule has 4 nitrogen and oxygen atoms in total. The third-order valence-corrected chi connectivity index (χ3v) is 4.78. The van der Waals surface area contributed by atoms with Crippen LogP contribution in [-0.2, 0) is 0 Å². The van der Waals surface area contributed by atoms with E-state index < -0.39 is 0 Å². The van der Waals surface area contributed by atoms with Gasteiger partial charge in [0.25, 0.3) is 5.91 Å². The van der Waals surface area contributed by atoms with E-state index in [2.05, 4.69) is 4.90 Å². The predicted molar refractivity (Wildman–Crippen MR) is 96.3 cm³/mol. The second kappa shape index (κ2) is 7.95. The van der Waals surface area contributed by atoms with Gasteiger partial charge in [-0.25, -0.2) is 4.39 Å². The molecule has 2 aromatic rings. The third-order valence-electron chi connectivity index (χ3n) is 4.45. The molecule has 132 valence electrons. The molecule has 1 aliphatic rings. The number of rotatable bonds is 4. The van der Waals surface area contributed by atoms with Crippen LogP contribution in [0, 0.1) is 5.82 Å². The van der Waals surface area contributed by atoms with Crippen molar-refractivity contribution in [3.8, 4) is 11.1 Å². The van der Waals surface area contributed by atoms with Crippen LogP contribution in [0.2, 0.25) is 5.02 Å². The number of benzene rings is 2. The second-order valence-electron chi connectivity index (χ2n) is 6.06. The van der Waals surface area contributed by atoms with Crippen molar-refractivity contribution >= 4 is 17.5 Å². The highest BCUT2D eigenvalue weighted by molar-refractivity contribution is 6.33. The maximum Gasteiger partial charge on any atom is 0.253 e. The first kappa shape index (κ1) is 17.9. The predicted octanol–water partition coefficient (Wildman–Crippen LogP) is 2.90. The topological polar surface area (TPSA) is 43.8 Å². The van der Waals surface area contributed by atoms with Crippen molar-refractivity contribution in [3.63, 3.8) is 0 Å². The van der Waals surface area contributed by atoms with Gasteiger partial charge in [-0.3, -0.25) is 9.69 Å². The summed E-state index contributed by atoms with van der Waals surface area (Å²) in [7, 11) is 0. The molecular formula is C19H20ClFN2O2. The summed E-state index contributed by atoms with van der Waals surface area (Å²) in [6, 6.07) is 11.3. The highest BCUT2D eigenvalue weighted by atomic mass is 35.5. The second-order valence-corrected chi connectivity index (χ2v) is 6.47. The number of piperazine rings is 1. The van der Waals surface area contributed by atoms with Crippen molar-refractivity contribution < 1.29 is 14.3 Å². The van der Waals surface area contributed by atoms with Crippen LogP contribution in [0.25, 0.3) is 11.1 Å². The minimum absolute atomic E-state index is 0.0134. The van der Waals surface area contributed by atoms with Gasteiger partial charge in [0, 0.05) is 48.9 Å². The number of hydrogen-bond acceptors (Lipinski definition) is 3. The summed E-state index contributed by atoms with van der Waals surface area (Å²) in [6.07, 6.45) is 0. The molecule has 1 heterocycles. The molecule has 0 spiro atoms. The maximum atomic E-state index is 13.4. The zero-order valence-corrected chi connectivity index (χ0v) is 14.5. The van der Waals surface area contributed by atoms with Gasteiger partial charge in [0.15, 0.2) is 0 Å². The Kier molecular flexibility index (Phi) is 5.68. The van der Waals surface area contributed by atoms with E-state index in [4.69, 9.17) is 16.7 Å². The third kappa shape index (κ3) is 4.18. The molecule has 3 rings (SSSR count). The molecule has 0 aromatic heterocycles. The normalized spacial score (nSPS) is 15.4. The van der Waals surface area contributed by atoms with Crippen LogP contribution in [0.5, 0.6) is 0 Å². The van der Waals surface area contributed by atoms with Crippen LogP contribution in [0.1, 0.15) is 10.4 Å². The van der Waals surface area contributed by atoms with E-state index in [9.17, 15) is 9.18 Å². The standard InChI is InChI=1S/C19H20ClFN2O2/c20-18-6-5-16(21)13-17(18)14-1-3-15(4-2-14)19(25)23-9-7-22(8-10-23)11-12-24/h1-6,13,24H,7-12H2. The van der Waals surface area contributed by atoms with Gasteiger partial charge in [0.1, 0.15) is 5.82 Å². The van der Waals surface area contributed by atoms with E-state index in [0.29, 0.717) is 35.8 Å². The minimum Gasteiger partial charge on any atom is -0.395 e. The van der Waals surface area contributed by atoms with Crippen LogP contribution in [-0.4, -0.2) is 60.1 Å². The lowest BCUT2D eigenvalue weighted by Gasteiger charge is -2.34. The number of aliphatic hydroxyl groups is 1. The highest BCUT2D eigenvalue weighted by Crippen LogP contribution is 2.29. The summed E-state index contributed by atoms with van der Waals surface area (Å²) < 4.78 is 13.4. The van der Waals surface area contributed by atoms with Gasteiger partial charge >= 0.3 is 0 Å². The summed E-state index contributed by atoms with van der Waals surface area (Å²) in [4.78, 5) is 16.6. The Balaban J connectivity index is 1.70. The molecule has 1 amide bonds. The van der Waals surface area contributed by atoms with E-state index >= 15 is 0 Å². The molecule has 0 unspecified atom stereocenters. The number of amides is 1. The Morgan fingerprint density at radius 3 is 2.40 bits per heavy atom. The van der Waals surface area contributed by atoms with Crippen LogP contribution in [0.4, 0.5) is 4.39 Å². The molecule has 1 saturated heterocycles. The quantitative estimate of drug-likeness (QED) is 0.909. The van der Waals surface area contributed by atoms with Crippen molar-refractivity contribution in [2.45, 2.75) is 0 Å². The van der Waals surface area contributed by atoms with Gasteiger partial charge in [0.2, 0.25) is 0 Å². The molecule has 6 heteroatoms. The van der Waals surface area contributed by atoms with Crippen molar-refractivity contribution in [1.82, 2.24) is 9.80 Å². The molecule has 0 saturated carbocycles. The van der Waals surface area contributed by atoms with Crippen LogP contribution in [0.15, 0.2) is 42.5 Å². The fourth-order valence-corrected chi connectivity index (χ4v) is 3.24. The van der Waals surface area contributed by atoms with Gasteiger partial charge in [0.05, 0.1) is 6.61 Å². The Morgan fingerprint density at radius 1 is 1.08 bits per heavy atom. The zero-order chi connectivity index (χ0) is 17.8. The monoisotopic (exact) mass is 362 g/mol. The van der Waals surface area contributed by atoms with E-state index in [1.54, 1.807) is 24.3 Å². The first-order valence-corrected chi connectivity index (χ1v) is 8.64. The molecule has 25 heavy (non-hydrogen) atoms. The Hall–Kier alpha value is -1.95. The van der Waals surface area contributed by atoms with Crippen molar-refractivity contribution in [2.24, 2.45) is 0 Å². The first-order valence-electron chi connectivity index (χ1n) is 8.26. The number of hydrogen-bond donors (Lipinski definition) is 1. The highest BCUT2D eigenvalue weighted by Gasteiger charge is 2.21. The smallest absolute Gasteiger partial charge is 0.253 e. The molecule has 1 fully saturated rings. The van der Waals surface area contributed by atoms with Gasteiger partial charge in [-0.15, -0.1) is 0 Å². The van der Waals surface area contributed by atoms with Crippen LogP contribution >= 0.6 is 11.6 Å². The molecule has 2 aromatic carbocycles. The fraction of sp³-hybridized carbons (Fsp3) is 0.316. The van der Waals surface area contributed by atoms with Crippen molar-refractivity contribution in [2.75, 3.05) is 39.3 Å². The summed E-state index contributed by atoms with van der Waals surface area (Å²) in [5.74, 6) is -0.360. The number of nitrogens with zero attached hydrogens (tertiary/aromatic N) is 2. The lowest BCUT2D eigenvalue weighted by atomic mass is 10.0. The zero-order valence-electron chi connectivity index (χ0n) is 13.8. The van der Waals surface area contributed by atoms with Crippen LogP contribution < -0.4 is 0 Å². The first-order chi connectivity index (χ1) is 12.1. The molecule has 0 aliphatic carbocycles. The average Bonchev–Trinajstić information content (AvgIpc) is 2.64. The molecular weight excluding hydrogens is 343 g/mol. The van der Waals surface area contributed by atoms with Gasteiger partial charge in [-0.05, 0) is 35.9 Å². The SMILES string of the molecule is O=C(c1ccc(-c2cc(F)ccc2Cl)cc1)N1CCN(CCO)CC1. The largest absolute Gasteiger partial charge is 0.395 e. The maximum absolute atomic E-state index is 13.4. The molecule has 0 atom stereocenters. The minimum atomic E-state index is -0.347. The average molecular weight is 363 g/mol. The number of aliphatic hydroxyl groups excluding tert-OH is 1. The molecule has 0 bridgehead atoms. The summed E-state index contributed by atoms with van der Waals surface area (Å²) >= 11 is 6.13. The lowest BCUT2D eigenvalue weighted by molar-refractivity contribution is 0.0615. The Morgan fingerprint density at radius 2 is 1.76 bits per heavy atom. The van der Waals surface area contributed by atoms with E-state index in [-0.39, 0.29) is 18.3 Å². The molecule has 1 aliphatic heterocycles. The van der Waals surface area contributed by atoms with Gasteiger partial charge in [-0.2, -0.15) is 0 Å². The van der Waals surface area contributed by atoms with Gasteiger partial charge in [-0.1, -0.05) is 23.7 Å². The van der Waals surface area contributed by atoms with E-state index in [0.717, 1.165) is 18.7 Å². The summed E-state index contributed by atoms with van der Waals surface area (Å²) in [6.45, 7) is 3.61. The summed E-state index contributed by atoms with van der Waals surface area (Å²) in [5.41, 5.74) is 1.99. The van der Waals surface area contributed by atoms with E-state index in [1.165, 1.54) is 18.2 Å². The Bertz CT molecular complexity index is 744. The van der Waals surface area contributed by atoms with Crippen LogP contribution in [0.3, 0.4) is 0 Å². The number of carbonyl (C=O) groups is 1. The fourth-order valence-electron chi connectivity index (χ4n) is 3.01. The van der Waals surface area contributed by atoms with Crippen molar-refractivity contribution in [1.29, 1.82) is 0 Å². The molecule has 0 radical (unpaired) electrons. The summed E-state index contributed by atoms with van der Waals surface area (Å²) in [5, 5.41) is 9.45. The Labute approximate surface area is 151 Å². The number of β-amino-alcohol motifs (C(OH)–C–C–N with tert-alkyl or cyclic N) is 1. The number of halogens is 2. The number of carbonyl (C=O) groups excluding carboxylic acids is 1. The lowest BCUT2D eigenvalue weighted by Crippen LogP contribution is -2.49. The van der Waals surface area contributed by atoms with Crippen molar-refractivity contribution in [3.05, 3.63) is 58.9 Å².